The molecule has 7 heteroatoms. The van der Waals surface area contributed by atoms with Gasteiger partial charge in [0, 0.05) is 38.9 Å². The molecule has 0 aliphatic carbocycles. The quantitative estimate of drug-likeness (QED) is 0.249. The summed E-state index contributed by atoms with van der Waals surface area (Å²) in [4.78, 5) is 24.8. The van der Waals surface area contributed by atoms with Crippen molar-refractivity contribution in [2.24, 2.45) is 0 Å². The second-order valence-corrected chi connectivity index (χ2v) is 10.0. The molecule has 8 rings (SSSR count). The van der Waals surface area contributed by atoms with Crippen LogP contribution in [0.15, 0.2) is 110 Å². The minimum Gasteiger partial charge on any atom is -0.276 e. The van der Waals surface area contributed by atoms with Crippen LogP contribution in [-0.2, 0) is 0 Å². The lowest BCUT2D eigenvalue weighted by Gasteiger charge is -2.11. The average molecular weight is 507 g/mol. The van der Waals surface area contributed by atoms with Crippen LogP contribution in [0.25, 0.3) is 70.8 Å². The van der Waals surface area contributed by atoms with E-state index in [4.69, 9.17) is 15.0 Å². The first-order valence-corrected chi connectivity index (χ1v) is 13.1. The second kappa shape index (κ2) is 8.26. The molecule has 0 fully saturated rings. The van der Waals surface area contributed by atoms with E-state index in [1.807, 2.05) is 66.9 Å². The fourth-order valence-corrected chi connectivity index (χ4v) is 6.28. The molecule has 0 saturated heterocycles. The Morgan fingerprint density at radius 2 is 1.24 bits per heavy atom. The molecule has 0 unspecified atom stereocenters. The minimum atomic E-state index is 0.583. The van der Waals surface area contributed by atoms with E-state index in [0.29, 0.717) is 17.6 Å². The zero-order valence-electron chi connectivity index (χ0n) is 20.0. The second-order valence-electron chi connectivity index (χ2n) is 9.05. The Morgan fingerprint density at radius 1 is 0.579 bits per heavy atom. The Kier molecular flexibility index (Phi) is 4.59. The third kappa shape index (κ3) is 3.16. The van der Waals surface area contributed by atoms with Crippen molar-refractivity contribution in [3.05, 3.63) is 110 Å². The van der Waals surface area contributed by atoms with Crippen molar-refractivity contribution in [1.82, 2.24) is 29.5 Å². The van der Waals surface area contributed by atoms with Gasteiger partial charge in [-0.3, -0.25) is 4.57 Å². The fraction of sp³-hybridized carbons (Fsp3) is 0. The predicted octanol–water partition coefficient (Wildman–Crippen LogP) is 7.46. The molecule has 178 valence electrons. The van der Waals surface area contributed by atoms with Gasteiger partial charge in [0.2, 0.25) is 5.95 Å². The number of fused-ring (bicyclic) bond motifs is 7. The van der Waals surface area contributed by atoms with Crippen LogP contribution in [0.1, 0.15) is 0 Å². The van der Waals surface area contributed by atoms with E-state index in [1.54, 1.807) is 17.7 Å². The van der Waals surface area contributed by atoms with Crippen LogP contribution in [0, 0.1) is 0 Å². The first-order valence-electron chi connectivity index (χ1n) is 12.3. The number of para-hydroxylation sites is 1. The molecule has 0 atom stereocenters. The van der Waals surface area contributed by atoms with Crippen LogP contribution in [0.4, 0.5) is 0 Å². The van der Waals surface area contributed by atoms with E-state index in [-0.39, 0.29) is 0 Å². The Balaban J connectivity index is 1.53. The van der Waals surface area contributed by atoms with Gasteiger partial charge in [-0.1, -0.05) is 91.0 Å². The highest BCUT2D eigenvalue weighted by Gasteiger charge is 2.21. The van der Waals surface area contributed by atoms with Crippen molar-refractivity contribution in [2.75, 3.05) is 0 Å². The maximum Gasteiger partial charge on any atom is 0.238 e. The van der Waals surface area contributed by atoms with Crippen molar-refractivity contribution < 1.29 is 0 Å². The van der Waals surface area contributed by atoms with Gasteiger partial charge >= 0.3 is 0 Å². The highest BCUT2D eigenvalue weighted by atomic mass is 32.1. The van der Waals surface area contributed by atoms with Crippen molar-refractivity contribution in [3.63, 3.8) is 0 Å². The zero-order chi connectivity index (χ0) is 25.1. The van der Waals surface area contributed by atoms with Crippen molar-refractivity contribution in [1.29, 1.82) is 0 Å². The van der Waals surface area contributed by atoms with Gasteiger partial charge < -0.3 is 0 Å². The summed E-state index contributed by atoms with van der Waals surface area (Å²) in [6.07, 6.45) is 3.50. The summed E-state index contributed by atoms with van der Waals surface area (Å²) < 4.78 is 3.31. The van der Waals surface area contributed by atoms with Crippen LogP contribution >= 0.6 is 11.3 Å². The number of nitrogens with zero attached hydrogens (tertiary/aromatic N) is 6. The predicted molar refractivity (Wildman–Crippen MR) is 154 cm³/mol. The molecule has 38 heavy (non-hydrogen) atoms. The van der Waals surface area contributed by atoms with Gasteiger partial charge in [-0.05, 0) is 6.07 Å². The molecule has 0 saturated carbocycles. The molecule has 4 aromatic carbocycles. The Morgan fingerprint density at radius 3 is 1.97 bits per heavy atom. The molecule has 4 aromatic heterocycles. The topological polar surface area (TPSA) is 69.4 Å². The summed E-state index contributed by atoms with van der Waals surface area (Å²) in [5, 5.41) is 4.48. The third-order valence-corrected chi connectivity index (χ3v) is 7.98. The molecule has 0 aliphatic rings. The number of hydrogen-bond acceptors (Lipinski definition) is 6. The molecule has 0 aliphatic heterocycles. The molecule has 0 N–H and O–H groups in total. The van der Waals surface area contributed by atoms with Gasteiger partial charge in [0.1, 0.15) is 11.2 Å². The number of benzene rings is 4. The van der Waals surface area contributed by atoms with Gasteiger partial charge in [-0.15, -0.1) is 11.3 Å². The molecular weight excluding hydrogens is 488 g/mol. The number of thiophene rings is 1. The number of aromatic nitrogens is 6. The number of rotatable bonds is 3. The summed E-state index contributed by atoms with van der Waals surface area (Å²) in [7, 11) is 0. The molecule has 4 heterocycles. The van der Waals surface area contributed by atoms with Gasteiger partial charge in [-0.25, -0.2) is 15.0 Å². The smallest absolute Gasteiger partial charge is 0.238 e. The largest absolute Gasteiger partial charge is 0.276 e. The minimum absolute atomic E-state index is 0.583. The molecule has 8 aromatic rings. The van der Waals surface area contributed by atoms with Crippen LogP contribution in [0.5, 0.6) is 0 Å². The highest BCUT2D eigenvalue weighted by Crippen LogP contribution is 2.41. The van der Waals surface area contributed by atoms with Crippen molar-refractivity contribution >= 4 is 53.4 Å². The summed E-state index contributed by atoms with van der Waals surface area (Å²) >= 11 is 1.67. The summed E-state index contributed by atoms with van der Waals surface area (Å²) in [6.45, 7) is 0. The first-order chi connectivity index (χ1) is 18.8. The molecule has 6 nitrogen and oxygen atoms in total. The Bertz CT molecular complexity index is 2070. The lowest BCUT2D eigenvalue weighted by Crippen LogP contribution is -2.06. The molecule has 0 spiro atoms. The SMILES string of the molecule is c1ccc(-c2nc(-c3ccccc3)nc(-n3c4ccccc4c4ccc5c6cncnc6sc5c43)n2)cc1. The lowest BCUT2D eigenvalue weighted by atomic mass is 10.1. The normalized spacial score (nSPS) is 11.7. The average Bonchev–Trinajstić information content (AvgIpc) is 3.54. The Labute approximate surface area is 220 Å². The highest BCUT2D eigenvalue weighted by molar-refractivity contribution is 7.26. The molecular formula is C31H18N6S. The van der Waals surface area contributed by atoms with E-state index in [2.05, 4.69) is 50.9 Å². The zero-order valence-corrected chi connectivity index (χ0v) is 20.8. The summed E-state index contributed by atoms with van der Waals surface area (Å²) in [6, 6.07) is 32.9. The van der Waals surface area contributed by atoms with E-state index >= 15 is 0 Å². The van der Waals surface area contributed by atoms with Gasteiger partial charge in [0.15, 0.2) is 11.6 Å². The Hall–Kier alpha value is -5.01. The van der Waals surface area contributed by atoms with E-state index in [9.17, 15) is 0 Å². The van der Waals surface area contributed by atoms with Gasteiger partial charge in [-0.2, -0.15) is 9.97 Å². The first kappa shape index (κ1) is 21.1. The number of hydrogen-bond donors (Lipinski definition) is 0. The van der Waals surface area contributed by atoms with Crippen molar-refractivity contribution in [2.45, 2.75) is 0 Å². The maximum absolute atomic E-state index is 5.05. The standard InChI is InChI=1S/C31H18N6S/c1-3-9-19(10-4-1)28-34-29(20-11-5-2-6-12-20)36-31(35-28)37-25-14-8-7-13-21(25)22-15-16-23-24-17-32-18-33-30(24)38-27(23)26(22)37/h1-18H. The summed E-state index contributed by atoms with van der Waals surface area (Å²) in [5.41, 5.74) is 3.99. The van der Waals surface area contributed by atoms with E-state index < -0.39 is 0 Å². The monoisotopic (exact) mass is 506 g/mol. The van der Waals surface area contributed by atoms with Gasteiger partial charge in [0.25, 0.3) is 0 Å². The van der Waals surface area contributed by atoms with Crippen LogP contribution < -0.4 is 0 Å². The van der Waals surface area contributed by atoms with E-state index in [1.165, 1.54) is 0 Å². The van der Waals surface area contributed by atoms with Gasteiger partial charge in [0.05, 0.1) is 15.7 Å². The van der Waals surface area contributed by atoms with Crippen LogP contribution in [0.2, 0.25) is 0 Å². The molecule has 0 bridgehead atoms. The van der Waals surface area contributed by atoms with E-state index in [0.717, 1.165) is 53.2 Å². The molecule has 0 amide bonds. The third-order valence-electron chi connectivity index (χ3n) is 6.84. The fourth-order valence-electron chi connectivity index (χ4n) is 5.13. The maximum atomic E-state index is 5.05. The van der Waals surface area contributed by atoms with Crippen molar-refractivity contribution in [3.8, 4) is 28.7 Å². The summed E-state index contributed by atoms with van der Waals surface area (Å²) in [5.74, 6) is 1.85. The lowest BCUT2D eigenvalue weighted by molar-refractivity contribution is 0.955. The van der Waals surface area contributed by atoms with Crippen LogP contribution in [0.3, 0.4) is 0 Å². The van der Waals surface area contributed by atoms with Crippen LogP contribution in [-0.4, -0.2) is 29.5 Å². The molecule has 0 radical (unpaired) electrons.